The number of aromatic nitrogens is 1. The first-order valence-electron chi connectivity index (χ1n) is 6.05. The Hall–Kier alpha value is -2.80. The SMILES string of the molecule is O=c1c2ccccc2sn1/N=C/c1ccccc1[N+](=O)[O-]. The predicted octanol–water partition coefficient (Wildman–Crippen LogP) is 2.85. The smallest absolute Gasteiger partial charge is 0.266 e. The summed E-state index contributed by atoms with van der Waals surface area (Å²) >= 11 is 1.19. The van der Waals surface area contributed by atoms with Gasteiger partial charge in [-0.05, 0) is 29.7 Å². The minimum Gasteiger partial charge on any atom is -0.266 e. The Kier molecular flexibility index (Phi) is 3.33. The third-order valence-corrected chi connectivity index (χ3v) is 3.90. The molecule has 0 radical (unpaired) electrons. The summed E-state index contributed by atoms with van der Waals surface area (Å²) in [7, 11) is 0. The lowest BCUT2D eigenvalue weighted by atomic mass is 10.2. The van der Waals surface area contributed by atoms with E-state index >= 15 is 0 Å². The molecule has 3 rings (SSSR count). The van der Waals surface area contributed by atoms with Gasteiger partial charge in [-0.3, -0.25) is 14.9 Å². The fourth-order valence-electron chi connectivity index (χ4n) is 1.91. The highest BCUT2D eigenvalue weighted by molar-refractivity contribution is 7.13. The number of fused-ring (bicyclic) bond motifs is 1. The van der Waals surface area contributed by atoms with Crippen LogP contribution in [0.15, 0.2) is 58.4 Å². The van der Waals surface area contributed by atoms with Crippen molar-refractivity contribution in [2.75, 3.05) is 0 Å². The highest BCUT2D eigenvalue weighted by atomic mass is 32.1. The third kappa shape index (κ3) is 2.46. The van der Waals surface area contributed by atoms with Gasteiger partial charge in [-0.25, -0.2) is 0 Å². The van der Waals surface area contributed by atoms with Gasteiger partial charge in [0, 0.05) is 6.07 Å². The van der Waals surface area contributed by atoms with Crippen molar-refractivity contribution in [1.29, 1.82) is 0 Å². The van der Waals surface area contributed by atoms with Gasteiger partial charge < -0.3 is 0 Å². The Morgan fingerprint density at radius 1 is 1.14 bits per heavy atom. The maximum absolute atomic E-state index is 12.1. The van der Waals surface area contributed by atoms with Crippen molar-refractivity contribution >= 4 is 33.5 Å². The van der Waals surface area contributed by atoms with Gasteiger partial charge in [0.1, 0.15) is 0 Å². The summed E-state index contributed by atoms with van der Waals surface area (Å²) < 4.78 is 2.05. The van der Waals surface area contributed by atoms with Crippen molar-refractivity contribution in [1.82, 2.24) is 4.07 Å². The van der Waals surface area contributed by atoms with E-state index in [4.69, 9.17) is 0 Å². The topological polar surface area (TPSA) is 77.5 Å². The molecular formula is C14H9N3O3S. The Morgan fingerprint density at radius 3 is 2.62 bits per heavy atom. The Bertz CT molecular complexity index is 911. The van der Waals surface area contributed by atoms with Gasteiger partial charge in [-0.15, -0.1) is 4.07 Å². The summed E-state index contributed by atoms with van der Waals surface area (Å²) in [6, 6.07) is 13.4. The molecule has 1 heterocycles. The van der Waals surface area contributed by atoms with Crippen molar-refractivity contribution < 1.29 is 4.92 Å². The molecule has 3 aromatic rings. The monoisotopic (exact) mass is 299 g/mol. The quantitative estimate of drug-likeness (QED) is 0.424. The first-order chi connectivity index (χ1) is 10.2. The molecule has 0 aliphatic heterocycles. The highest BCUT2D eigenvalue weighted by Crippen LogP contribution is 2.17. The second kappa shape index (κ2) is 5.29. The molecule has 7 heteroatoms. The zero-order chi connectivity index (χ0) is 14.8. The minimum atomic E-state index is -0.477. The van der Waals surface area contributed by atoms with Crippen LogP contribution in [0.3, 0.4) is 0 Å². The molecule has 6 nitrogen and oxygen atoms in total. The molecule has 21 heavy (non-hydrogen) atoms. The number of hydrogen-bond acceptors (Lipinski definition) is 5. The zero-order valence-corrected chi connectivity index (χ0v) is 11.5. The lowest BCUT2D eigenvalue weighted by molar-refractivity contribution is -0.385. The number of nitro groups is 1. The molecule has 0 aliphatic carbocycles. The lowest BCUT2D eigenvalue weighted by Crippen LogP contribution is -2.08. The van der Waals surface area contributed by atoms with E-state index < -0.39 is 4.92 Å². The van der Waals surface area contributed by atoms with Gasteiger partial charge in [-0.2, -0.15) is 5.10 Å². The van der Waals surface area contributed by atoms with Gasteiger partial charge in [0.15, 0.2) is 0 Å². The van der Waals surface area contributed by atoms with E-state index in [1.54, 1.807) is 30.3 Å². The normalized spacial score (nSPS) is 11.2. The van der Waals surface area contributed by atoms with E-state index in [0.29, 0.717) is 10.9 Å². The maximum atomic E-state index is 12.1. The minimum absolute atomic E-state index is 0.0459. The van der Waals surface area contributed by atoms with Crippen LogP contribution in [0.5, 0.6) is 0 Å². The summed E-state index contributed by atoms with van der Waals surface area (Å²) in [5, 5.41) is 15.6. The summed E-state index contributed by atoms with van der Waals surface area (Å²) in [4.78, 5) is 22.5. The summed E-state index contributed by atoms with van der Waals surface area (Å²) in [6.07, 6.45) is 1.33. The standard InChI is InChI=1S/C14H9N3O3S/c18-14-11-6-2-4-8-13(11)21-16(14)15-9-10-5-1-3-7-12(10)17(19)20/h1-9H/b15-9+. The third-order valence-electron chi connectivity index (χ3n) is 2.91. The number of hydrogen-bond donors (Lipinski definition) is 0. The summed E-state index contributed by atoms with van der Waals surface area (Å²) in [5.41, 5.74) is 0.0766. The van der Waals surface area contributed by atoms with Gasteiger partial charge in [0.2, 0.25) is 0 Å². The van der Waals surface area contributed by atoms with E-state index in [1.807, 2.05) is 12.1 Å². The van der Waals surface area contributed by atoms with E-state index in [-0.39, 0.29) is 11.2 Å². The van der Waals surface area contributed by atoms with Crippen LogP contribution in [-0.2, 0) is 0 Å². The van der Waals surface area contributed by atoms with E-state index in [1.165, 1.54) is 27.9 Å². The molecule has 0 unspecified atom stereocenters. The fourth-order valence-corrected chi connectivity index (χ4v) is 2.77. The van der Waals surface area contributed by atoms with Crippen LogP contribution in [0.2, 0.25) is 0 Å². The van der Waals surface area contributed by atoms with Gasteiger partial charge in [0.05, 0.1) is 26.8 Å². The molecule has 0 fully saturated rings. The Balaban J connectivity index is 2.05. The number of nitro benzene ring substituents is 1. The highest BCUT2D eigenvalue weighted by Gasteiger charge is 2.11. The number of para-hydroxylation sites is 1. The van der Waals surface area contributed by atoms with Crippen LogP contribution in [0.4, 0.5) is 5.69 Å². The van der Waals surface area contributed by atoms with Crippen molar-refractivity contribution in [2.24, 2.45) is 5.10 Å². The Morgan fingerprint density at radius 2 is 1.86 bits per heavy atom. The Labute approximate surface area is 122 Å². The molecule has 0 N–H and O–H groups in total. The number of rotatable bonds is 3. The second-order valence-corrected chi connectivity index (χ2v) is 5.19. The molecule has 0 amide bonds. The molecule has 0 bridgehead atoms. The maximum Gasteiger partial charge on any atom is 0.289 e. The lowest BCUT2D eigenvalue weighted by Gasteiger charge is -1.95. The molecular weight excluding hydrogens is 290 g/mol. The first-order valence-corrected chi connectivity index (χ1v) is 6.83. The average molecular weight is 299 g/mol. The summed E-state index contributed by atoms with van der Waals surface area (Å²) in [5.74, 6) is 0. The molecule has 0 saturated heterocycles. The van der Waals surface area contributed by atoms with Crippen LogP contribution in [0, 0.1) is 10.1 Å². The number of nitrogens with zero attached hydrogens (tertiary/aromatic N) is 3. The van der Waals surface area contributed by atoms with Crippen LogP contribution in [0.1, 0.15) is 5.56 Å². The van der Waals surface area contributed by atoms with Crippen LogP contribution < -0.4 is 5.56 Å². The molecule has 0 spiro atoms. The van der Waals surface area contributed by atoms with Crippen molar-refractivity contribution in [2.45, 2.75) is 0 Å². The fraction of sp³-hybridized carbons (Fsp3) is 0. The van der Waals surface area contributed by atoms with Crippen LogP contribution in [0.25, 0.3) is 10.1 Å². The van der Waals surface area contributed by atoms with Gasteiger partial charge in [-0.1, -0.05) is 24.3 Å². The van der Waals surface area contributed by atoms with Gasteiger partial charge in [0.25, 0.3) is 11.2 Å². The van der Waals surface area contributed by atoms with Crippen molar-refractivity contribution in [3.63, 3.8) is 0 Å². The zero-order valence-electron chi connectivity index (χ0n) is 10.7. The summed E-state index contributed by atoms with van der Waals surface area (Å²) in [6.45, 7) is 0. The van der Waals surface area contributed by atoms with Crippen LogP contribution in [-0.4, -0.2) is 15.2 Å². The molecule has 2 aromatic carbocycles. The van der Waals surface area contributed by atoms with Gasteiger partial charge >= 0.3 is 0 Å². The molecule has 0 aliphatic rings. The predicted molar refractivity (Wildman–Crippen MR) is 82.2 cm³/mol. The van der Waals surface area contributed by atoms with E-state index in [9.17, 15) is 14.9 Å². The molecule has 104 valence electrons. The number of benzene rings is 2. The van der Waals surface area contributed by atoms with Crippen molar-refractivity contribution in [3.8, 4) is 0 Å². The second-order valence-electron chi connectivity index (χ2n) is 4.23. The first kappa shape index (κ1) is 13.2. The molecule has 0 saturated carbocycles. The van der Waals surface area contributed by atoms with Crippen LogP contribution >= 0.6 is 11.5 Å². The largest absolute Gasteiger partial charge is 0.289 e. The van der Waals surface area contributed by atoms with Crippen molar-refractivity contribution in [3.05, 3.63) is 74.6 Å². The molecule has 1 aromatic heterocycles. The average Bonchev–Trinajstić information content (AvgIpc) is 2.82. The molecule has 0 atom stereocenters. The van der Waals surface area contributed by atoms with E-state index in [0.717, 1.165) is 4.70 Å². The van der Waals surface area contributed by atoms with E-state index in [2.05, 4.69) is 5.10 Å².